The molecule has 0 bridgehead atoms. The van der Waals surface area contributed by atoms with Crippen LogP contribution in [0, 0.1) is 5.82 Å². The van der Waals surface area contributed by atoms with Crippen LogP contribution in [0.4, 0.5) is 4.39 Å². The van der Waals surface area contributed by atoms with Crippen molar-refractivity contribution in [2.24, 2.45) is 0 Å². The molecular formula is C7H7FO3S. The van der Waals surface area contributed by atoms with Gasteiger partial charge in [0.05, 0.1) is 5.75 Å². The number of aromatic hydroxyl groups is 1. The molecule has 0 aliphatic carbocycles. The van der Waals surface area contributed by atoms with Crippen LogP contribution in [0.5, 0.6) is 5.75 Å². The summed E-state index contributed by atoms with van der Waals surface area (Å²) in [5, 5.41) is 8.78. The van der Waals surface area contributed by atoms with Gasteiger partial charge in [0, 0.05) is 11.6 Å². The number of hydrogen-bond acceptors (Lipinski definition) is 3. The van der Waals surface area contributed by atoms with Crippen LogP contribution in [0.25, 0.3) is 0 Å². The summed E-state index contributed by atoms with van der Waals surface area (Å²) < 4.78 is 33.2. The molecule has 1 aromatic carbocycles. The van der Waals surface area contributed by atoms with Crippen LogP contribution in [0.2, 0.25) is 0 Å². The van der Waals surface area contributed by atoms with Gasteiger partial charge in [0.15, 0.2) is 0 Å². The Morgan fingerprint density at radius 1 is 1.42 bits per heavy atom. The number of halogens is 1. The minimum absolute atomic E-state index is 0.0731. The molecule has 0 heterocycles. The number of hydrogen-bond donors (Lipinski definition) is 2. The second-order valence-corrected chi connectivity index (χ2v) is 3.25. The Labute approximate surface area is 70.4 Å². The maximum atomic E-state index is 12.8. The lowest BCUT2D eigenvalue weighted by Gasteiger charge is -1.97. The highest BCUT2D eigenvalue weighted by atomic mass is 32.2. The van der Waals surface area contributed by atoms with Crippen molar-refractivity contribution in [2.75, 3.05) is 0 Å². The predicted molar refractivity (Wildman–Crippen MR) is 42.1 cm³/mol. The first-order valence-corrected chi connectivity index (χ1v) is 4.55. The smallest absolute Gasteiger partial charge is 0.144 e. The second-order valence-electron chi connectivity index (χ2n) is 2.27. The fourth-order valence-corrected chi connectivity index (χ4v) is 1.34. The Balaban J connectivity index is 3.01. The van der Waals surface area contributed by atoms with Gasteiger partial charge < -0.3 is 5.11 Å². The Morgan fingerprint density at radius 2 is 2.08 bits per heavy atom. The highest BCUT2D eigenvalue weighted by molar-refractivity contribution is 7.71. The summed E-state index contributed by atoms with van der Waals surface area (Å²) in [6, 6.07) is 3.38. The molecule has 0 fully saturated rings. The van der Waals surface area contributed by atoms with E-state index in [2.05, 4.69) is 0 Å². The Bertz CT molecular complexity index is 352. The fraction of sp³-hybridized carbons (Fsp3) is 0.143. The van der Waals surface area contributed by atoms with E-state index >= 15 is 0 Å². The summed E-state index contributed by atoms with van der Waals surface area (Å²) in [5.41, 5.74) is 0.0731. The van der Waals surface area contributed by atoms with Gasteiger partial charge in [-0.15, -0.1) is 0 Å². The summed E-state index contributed by atoms with van der Waals surface area (Å²) in [5.74, 6) is -1.24. The summed E-state index contributed by atoms with van der Waals surface area (Å²) in [7, 11) is -2.62. The molecule has 0 unspecified atom stereocenters. The standard InChI is InChI=1S/C7H7FO3S/c8-7-3-6(9)2-1-5(7)4-12(10)11/h1-3,9,12H,4H2. The molecule has 0 radical (unpaired) electrons. The summed E-state index contributed by atoms with van der Waals surface area (Å²) in [4.78, 5) is 0. The normalized spacial score (nSPS) is 10.5. The van der Waals surface area contributed by atoms with E-state index in [0.29, 0.717) is 0 Å². The highest BCUT2D eigenvalue weighted by Gasteiger charge is 2.03. The van der Waals surface area contributed by atoms with Crippen molar-refractivity contribution in [2.45, 2.75) is 5.75 Å². The molecule has 0 amide bonds. The largest absolute Gasteiger partial charge is 0.508 e. The van der Waals surface area contributed by atoms with Gasteiger partial charge in [0.2, 0.25) is 0 Å². The lowest BCUT2D eigenvalue weighted by atomic mass is 10.2. The van der Waals surface area contributed by atoms with Crippen molar-refractivity contribution in [3.05, 3.63) is 29.6 Å². The van der Waals surface area contributed by atoms with Gasteiger partial charge in [0.1, 0.15) is 22.3 Å². The lowest BCUT2D eigenvalue weighted by molar-refractivity contribution is 0.468. The maximum absolute atomic E-state index is 12.8. The molecular weight excluding hydrogens is 183 g/mol. The van der Waals surface area contributed by atoms with Crippen LogP contribution < -0.4 is 0 Å². The molecule has 0 saturated heterocycles. The average Bonchev–Trinajstić information content (AvgIpc) is 1.94. The Morgan fingerprint density at radius 3 is 2.58 bits per heavy atom. The lowest BCUT2D eigenvalue weighted by Crippen LogP contribution is -1.90. The molecule has 1 aromatic rings. The third-order valence-corrected chi connectivity index (χ3v) is 1.93. The van der Waals surface area contributed by atoms with E-state index in [4.69, 9.17) is 5.11 Å². The maximum Gasteiger partial charge on any atom is 0.144 e. The van der Waals surface area contributed by atoms with Crippen molar-refractivity contribution in [3.8, 4) is 5.75 Å². The summed E-state index contributed by atoms with van der Waals surface area (Å²) in [6.07, 6.45) is 0. The first-order valence-electron chi connectivity index (χ1n) is 3.19. The Hall–Kier alpha value is -1.10. The van der Waals surface area contributed by atoms with Crippen LogP contribution in [0.15, 0.2) is 18.2 Å². The second kappa shape index (κ2) is 3.53. The van der Waals surface area contributed by atoms with Crippen LogP contribution in [-0.4, -0.2) is 13.5 Å². The molecule has 1 rings (SSSR count). The molecule has 12 heavy (non-hydrogen) atoms. The topological polar surface area (TPSA) is 54.4 Å². The molecule has 3 nitrogen and oxygen atoms in total. The molecule has 5 heteroatoms. The highest BCUT2D eigenvalue weighted by Crippen LogP contribution is 2.15. The van der Waals surface area contributed by atoms with Crippen LogP contribution in [0.3, 0.4) is 0 Å². The van der Waals surface area contributed by atoms with Gasteiger partial charge >= 0.3 is 0 Å². The zero-order valence-corrected chi connectivity index (χ0v) is 6.92. The molecule has 66 valence electrons. The number of benzene rings is 1. The van der Waals surface area contributed by atoms with Gasteiger partial charge in [-0.2, -0.15) is 0 Å². The van der Waals surface area contributed by atoms with Gasteiger partial charge in [-0.1, -0.05) is 6.07 Å². The van der Waals surface area contributed by atoms with Crippen LogP contribution in [-0.2, 0) is 16.5 Å². The summed E-state index contributed by atoms with van der Waals surface area (Å²) in [6.45, 7) is 0. The minimum Gasteiger partial charge on any atom is -0.508 e. The SMILES string of the molecule is O=[SH](=O)Cc1ccc(O)cc1F. The van der Waals surface area contributed by atoms with Gasteiger partial charge in [-0.05, 0) is 6.07 Å². The molecule has 0 spiro atoms. The zero-order chi connectivity index (χ0) is 9.14. The monoisotopic (exact) mass is 190 g/mol. The zero-order valence-electron chi connectivity index (χ0n) is 6.03. The van der Waals surface area contributed by atoms with Gasteiger partial charge in [0.25, 0.3) is 0 Å². The van der Waals surface area contributed by atoms with Crippen molar-refractivity contribution in [1.29, 1.82) is 0 Å². The number of rotatable bonds is 2. The number of thiol groups is 1. The van der Waals surface area contributed by atoms with Crippen molar-refractivity contribution < 1.29 is 17.9 Å². The van der Waals surface area contributed by atoms with E-state index in [9.17, 15) is 12.8 Å². The number of phenols is 1. The molecule has 0 aromatic heterocycles. The van der Waals surface area contributed by atoms with Crippen molar-refractivity contribution in [1.82, 2.24) is 0 Å². The van der Waals surface area contributed by atoms with Gasteiger partial charge in [-0.25, -0.2) is 12.8 Å². The van der Waals surface area contributed by atoms with E-state index in [1.807, 2.05) is 0 Å². The Kier molecular flexibility index (Phi) is 2.65. The third-order valence-electron chi connectivity index (χ3n) is 1.34. The van der Waals surface area contributed by atoms with E-state index in [-0.39, 0.29) is 17.1 Å². The molecule has 0 saturated carbocycles. The quantitative estimate of drug-likeness (QED) is 0.673. The van der Waals surface area contributed by atoms with E-state index in [1.165, 1.54) is 12.1 Å². The average molecular weight is 190 g/mol. The first kappa shape index (κ1) is 8.99. The van der Waals surface area contributed by atoms with Gasteiger partial charge in [-0.3, -0.25) is 0 Å². The van der Waals surface area contributed by atoms with Crippen LogP contribution in [0.1, 0.15) is 5.56 Å². The van der Waals surface area contributed by atoms with Crippen molar-refractivity contribution in [3.63, 3.8) is 0 Å². The molecule has 1 N–H and O–H groups in total. The van der Waals surface area contributed by atoms with Crippen molar-refractivity contribution >= 4 is 10.7 Å². The fourth-order valence-electron chi connectivity index (χ4n) is 0.804. The summed E-state index contributed by atoms with van der Waals surface area (Å²) >= 11 is 0. The minimum atomic E-state index is -2.62. The van der Waals surface area contributed by atoms with Crippen LogP contribution >= 0.6 is 0 Å². The molecule has 0 atom stereocenters. The number of phenolic OH excluding ortho intramolecular Hbond substituents is 1. The first-order chi connectivity index (χ1) is 5.59. The van der Waals surface area contributed by atoms with E-state index in [1.54, 1.807) is 0 Å². The molecule has 0 aliphatic heterocycles. The third kappa shape index (κ3) is 2.20. The molecule has 0 aliphatic rings. The van der Waals surface area contributed by atoms with E-state index < -0.39 is 16.5 Å². The van der Waals surface area contributed by atoms with E-state index in [0.717, 1.165) is 6.07 Å². The predicted octanol–water partition coefficient (Wildman–Crippen LogP) is 0.643.